The van der Waals surface area contributed by atoms with Crippen LogP contribution in [0, 0.1) is 0 Å². The second-order valence-corrected chi connectivity index (χ2v) is 7.67. The maximum absolute atomic E-state index is 11.4. The van der Waals surface area contributed by atoms with Crippen molar-refractivity contribution in [2.45, 2.75) is 31.7 Å². The van der Waals surface area contributed by atoms with E-state index in [0.29, 0.717) is 11.5 Å². The van der Waals surface area contributed by atoms with Crippen LogP contribution in [0.2, 0.25) is 0 Å². The number of sulfone groups is 1. The number of hydrogen-bond donors (Lipinski definition) is 0. The van der Waals surface area contributed by atoms with Gasteiger partial charge in [-0.2, -0.15) is 0 Å². The van der Waals surface area contributed by atoms with Crippen molar-refractivity contribution in [3.8, 4) is 0 Å². The molecule has 17 heavy (non-hydrogen) atoms. The van der Waals surface area contributed by atoms with Crippen LogP contribution in [0.25, 0.3) is 0 Å². The lowest BCUT2D eigenvalue weighted by Crippen LogP contribution is -2.35. The predicted octanol–water partition coefficient (Wildman–Crippen LogP) is 0.591. The van der Waals surface area contributed by atoms with Gasteiger partial charge in [0.25, 0.3) is 0 Å². The normalized spacial score (nSPS) is 29.2. The van der Waals surface area contributed by atoms with Crippen molar-refractivity contribution in [1.29, 1.82) is 0 Å². The zero-order valence-electron chi connectivity index (χ0n) is 10.8. The SMILES string of the molecule is CN(CCCN1CCCC1)C1CCS(=O)(=O)C1. The van der Waals surface area contributed by atoms with E-state index < -0.39 is 9.84 Å². The molecule has 0 spiro atoms. The molecule has 2 aliphatic heterocycles. The third-order valence-corrected chi connectivity index (χ3v) is 5.77. The lowest BCUT2D eigenvalue weighted by atomic mass is 10.2. The van der Waals surface area contributed by atoms with Gasteiger partial charge < -0.3 is 9.80 Å². The second-order valence-electron chi connectivity index (χ2n) is 5.44. The van der Waals surface area contributed by atoms with Gasteiger partial charge in [-0.05, 0) is 58.9 Å². The first-order chi connectivity index (χ1) is 8.07. The first-order valence-electron chi connectivity index (χ1n) is 6.70. The zero-order chi connectivity index (χ0) is 12.3. The standard InChI is InChI=1S/C12H24N2O2S/c1-13(12-5-10-17(15,16)11-12)6-4-9-14-7-2-3-8-14/h12H,2-11H2,1H3. The first-order valence-corrected chi connectivity index (χ1v) is 8.52. The third-order valence-electron chi connectivity index (χ3n) is 4.02. The van der Waals surface area contributed by atoms with E-state index in [1.54, 1.807) is 0 Å². The molecule has 0 bridgehead atoms. The van der Waals surface area contributed by atoms with Gasteiger partial charge in [0.15, 0.2) is 9.84 Å². The number of nitrogens with zero attached hydrogens (tertiary/aromatic N) is 2. The van der Waals surface area contributed by atoms with Crippen LogP contribution in [0.3, 0.4) is 0 Å². The summed E-state index contributed by atoms with van der Waals surface area (Å²) in [6.07, 6.45) is 4.67. The Kier molecular flexibility index (Phi) is 4.44. The van der Waals surface area contributed by atoms with E-state index in [4.69, 9.17) is 0 Å². The highest BCUT2D eigenvalue weighted by Crippen LogP contribution is 2.16. The monoisotopic (exact) mass is 260 g/mol. The van der Waals surface area contributed by atoms with Crippen molar-refractivity contribution in [2.75, 3.05) is 44.7 Å². The van der Waals surface area contributed by atoms with Crippen LogP contribution < -0.4 is 0 Å². The van der Waals surface area contributed by atoms with Crippen LogP contribution in [0.4, 0.5) is 0 Å². The van der Waals surface area contributed by atoms with E-state index in [-0.39, 0.29) is 6.04 Å². The number of likely N-dealkylation sites (tertiary alicyclic amines) is 1. The molecule has 5 heteroatoms. The molecule has 0 amide bonds. The minimum absolute atomic E-state index is 0.263. The Morgan fingerprint density at radius 2 is 2.00 bits per heavy atom. The van der Waals surface area contributed by atoms with Crippen molar-refractivity contribution in [3.05, 3.63) is 0 Å². The van der Waals surface area contributed by atoms with E-state index in [1.165, 1.54) is 32.5 Å². The van der Waals surface area contributed by atoms with Crippen molar-refractivity contribution in [1.82, 2.24) is 9.80 Å². The summed E-state index contributed by atoms with van der Waals surface area (Å²) in [4.78, 5) is 4.75. The minimum Gasteiger partial charge on any atom is -0.303 e. The summed E-state index contributed by atoms with van der Waals surface area (Å²) < 4.78 is 22.8. The van der Waals surface area contributed by atoms with Gasteiger partial charge in [-0.3, -0.25) is 0 Å². The Morgan fingerprint density at radius 1 is 1.29 bits per heavy atom. The Morgan fingerprint density at radius 3 is 2.59 bits per heavy atom. The maximum Gasteiger partial charge on any atom is 0.151 e. The Bertz CT molecular complexity index is 336. The van der Waals surface area contributed by atoms with Crippen LogP contribution in [0.1, 0.15) is 25.7 Å². The van der Waals surface area contributed by atoms with Crippen molar-refractivity contribution in [2.24, 2.45) is 0 Å². The van der Waals surface area contributed by atoms with Gasteiger partial charge in [0.05, 0.1) is 11.5 Å². The smallest absolute Gasteiger partial charge is 0.151 e. The fourth-order valence-electron chi connectivity index (χ4n) is 2.86. The summed E-state index contributed by atoms with van der Waals surface area (Å²) in [6.45, 7) is 4.70. The van der Waals surface area contributed by atoms with Crippen molar-refractivity contribution >= 4 is 9.84 Å². The second kappa shape index (κ2) is 5.67. The summed E-state index contributed by atoms with van der Waals surface area (Å²) in [7, 11) is -0.668. The van der Waals surface area contributed by atoms with Gasteiger partial charge >= 0.3 is 0 Å². The molecule has 0 aliphatic carbocycles. The first kappa shape index (κ1) is 13.3. The molecule has 0 aromatic rings. The molecule has 1 atom stereocenters. The molecule has 100 valence electrons. The van der Waals surface area contributed by atoms with Crippen LogP contribution in [0.15, 0.2) is 0 Å². The van der Waals surface area contributed by atoms with Gasteiger partial charge in [-0.25, -0.2) is 8.42 Å². The predicted molar refractivity (Wildman–Crippen MR) is 70.0 cm³/mol. The fraction of sp³-hybridized carbons (Fsp3) is 1.00. The molecular weight excluding hydrogens is 236 g/mol. The summed E-state index contributed by atoms with van der Waals surface area (Å²) in [5.41, 5.74) is 0. The van der Waals surface area contributed by atoms with Crippen LogP contribution in [-0.4, -0.2) is 69.0 Å². The topological polar surface area (TPSA) is 40.6 Å². The average Bonchev–Trinajstić information content (AvgIpc) is 2.87. The molecule has 4 nitrogen and oxygen atoms in total. The third kappa shape index (κ3) is 3.93. The molecule has 2 fully saturated rings. The quantitative estimate of drug-likeness (QED) is 0.725. The molecule has 1 unspecified atom stereocenters. The van der Waals surface area contributed by atoms with Gasteiger partial charge in [-0.15, -0.1) is 0 Å². The molecule has 2 saturated heterocycles. The van der Waals surface area contributed by atoms with Gasteiger partial charge in [0.1, 0.15) is 0 Å². The van der Waals surface area contributed by atoms with E-state index in [9.17, 15) is 8.42 Å². The Balaban J connectivity index is 1.65. The molecule has 0 saturated carbocycles. The van der Waals surface area contributed by atoms with E-state index in [2.05, 4.69) is 16.8 Å². The van der Waals surface area contributed by atoms with Crippen LogP contribution in [0.5, 0.6) is 0 Å². The van der Waals surface area contributed by atoms with Crippen LogP contribution >= 0.6 is 0 Å². The molecule has 0 radical (unpaired) electrons. The number of hydrogen-bond acceptors (Lipinski definition) is 4. The molecule has 2 rings (SSSR count). The van der Waals surface area contributed by atoms with E-state index in [1.807, 2.05) is 0 Å². The molecule has 0 aromatic carbocycles. The molecule has 2 heterocycles. The average molecular weight is 260 g/mol. The highest BCUT2D eigenvalue weighted by molar-refractivity contribution is 7.91. The Labute approximate surface area is 105 Å². The highest BCUT2D eigenvalue weighted by Gasteiger charge is 2.30. The van der Waals surface area contributed by atoms with E-state index in [0.717, 1.165) is 19.4 Å². The lowest BCUT2D eigenvalue weighted by molar-refractivity contribution is 0.237. The van der Waals surface area contributed by atoms with Crippen molar-refractivity contribution in [3.63, 3.8) is 0 Å². The summed E-state index contributed by atoms with van der Waals surface area (Å²) in [5.74, 6) is 0.751. The Hall–Kier alpha value is -0.130. The molecule has 2 aliphatic rings. The summed E-state index contributed by atoms with van der Waals surface area (Å²) in [6, 6.07) is 0.263. The zero-order valence-corrected chi connectivity index (χ0v) is 11.6. The largest absolute Gasteiger partial charge is 0.303 e. The van der Waals surface area contributed by atoms with E-state index >= 15 is 0 Å². The van der Waals surface area contributed by atoms with Crippen molar-refractivity contribution < 1.29 is 8.42 Å². The molecule has 0 aromatic heterocycles. The van der Waals surface area contributed by atoms with Gasteiger partial charge in [0, 0.05) is 6.04 Å². The summed E-state index contributed by atoms with van der Waals surface area (Å²) >= 11 is 0. The molecule has 0 N–H and O–H groups in total. The van der Waals surface area contributed by atoms with Gasteiger partial charge in [-0.1, -0.05) is 0 Å². The highest BCUT2D eigenvalue weighted by atomic mass is 32.2. The molecular formula is C12H24N2O2S. The maximum atomic E-state index is 11.4. The van der Waals surface area contributed by atoms with Crippen LogP contribution in [-0.2, 0) is 9.84 Å². The minimum atomic E-state index is -2.73. The fourth-order valence-corrected chi connectivity index (χ4v) is 4.66. The number of rotatable bonds is 5. The van der Waals surface area contributed by atoms with Gasteiger partial charge in [0.2, 0.25) is 0 Å². The lowest BCUT2D eigenvalue weighted by Gasteiger charge is -2.24. The summed E-state index contributed by atoms with van der Waals surface area (Å²) in [5, 5.41) is 0.